The topological polar surface area (TPSA) is 12.0 Å². The Balaban J connectivity index is 3.13. The second-order valence-electron chi connectivity index (χ2n) is 1.49. The van der Waals surface area contributed by atoms with E-state index in [0.29, 0.717) is 5.31 Å². The molecule has 1 atom stereocenters. The average molecular weight is 114 g/mol. The highest BCUT2D eigenvalue weighted by molar-refractivity contribution is 4.99. The first-order valence-corrected chi connectivity index (χ1v) is 2.43. The van der Waals surface area contributed by atoms with Crippen LogP contribution in [-0.2, 0) is 0 Å². The Morgan fingerprint density at radius 1 is 2.12 bits per heavy atom. The van der Waals surface area contributed by atoms with E-state index in [4.69, 9.17) is 6.89 Å². The van der Waals surface area contributed by atoms with E-state index in [1.54, 1.807) is 0 Å². The second-order valence-corrected chi connectivity index (χ2v) is 1.49. The van der Waals surface area contributed by atoms with Crippen molar-refractivity contribution in [3.05, 3.63) is 24.9 Å². The second kappa shape index (κ2) is 2.55. The van der Waals surface area contributed by atoms with E-state index in [9.17, 15) is 0 Å². The Kier molecular flexibility index (Phi) is 0.608. The van der Waals surface area contributed by atoms with E-state index in [1.165, 1.54) is 18.4 Å². The van der Waals surface area contributed by atoms with E-state index >= 15 is 0 Å². The first-order valence-electron chi connectivity index (χ1n) is 4.88. The van der Waals surface area contributed by atoms with Gasteiger partial charge in [-0.3, -0.25) is 0 Å². The Labute approximate surface area is 57.2 Å². The van der Waals surface area contributed by atoms with E-state index in [-0.39, 0.29) is 0 Å². The van der Waals surface area contributed by atoms with Crippen LogP contribution in [-0.4, -0.2) is 6.50 Å². The molecular formula is C7H11N. The molecule has 1 rings (SSSR count). The molecule has 44 valence electrons. The number of nitrogens with one attached hydrogen (secondary N) is 1. The molecule has 1 aliphatic rings. The van der Waals surface area contributed by atoms with Gasteiger partial charge >= 0.3 is 0 Å². The van der Waals surface area contributed by atoms with Crippen molar-refractivity contribution in [3.63, 3.8) is 0 Å². The third-order valence-corrected chi connectivity index (χ3v) is 0.918. The third-order valence-electron chi connectivity index (χ3n) is 0.918. The summed E-state index contributed by atoms with van der Waals surface area (Å²) in [4.78, 5) is 0. The monoisotopic (exact) mass is 114 g/mol. The zero-order valence-electron chi connectivity index (χ0n) is 9.46. The molecule has 0 radical (unpaired) electrons. The maximum absolute atomic E-state index is 7.52. The first kappa shape index (κ1) is 1.90. The van der Waals surface area contributed by atoms with Crippen LogP contribution in [0.25, 0.3) is 0 Å². The van der Waals surface area contributed by atoms with Crippen LogP contribution >= 0.6 is 0 Å². The minimum atomic E-state index is -2.32. The first-order chi connectivity index (χ1) is 5.84. The zero-order valence-corrected chi connectivity index (χ0v) is 4.46. The Hall–Kier alpha value is -0.720. The van der Waals surface area contributed by atoms with Crippen molar-refractivity contribution in [2.45, 2.75) is 6.37 Å². The lowest BCUT2D eigenvalue weighted by atomic mass is 10.0. The summed E-state index contributed by atoms with van der Waals surface area (Å²) in [7, 11) is 0. The molecule has 0 saturated heterocycles. The molecular weight excluding hydrogens is 98.1 g/mol. The highest BCUT2D eigenvalue weighted by Crippen LogP contribution is 2.07. The molecule has 0 spiro atoms. The van der Waals surface area contributed by atoms with E-state index in [2.05, 4.69) is 6.58 Å². The summed E-state index contributed by atoms with van der Waals surface area (Å²) in [5.41, 5.74) is 0. The van der Waals surface area contributed by atoms with Gasteiger partial charge in [0.2, 0.25) is 0 Å². The van der Waals surface area contributed by atoms with Gasteiger partial charge < -0.3 is 5.31 Å². The van der Waals surface area contributed by atoms with Crippen molar-refractivity contribution in [1.82, 2.24) is 5.31 Å². The van der Waals surface area contributed by atoms with Crippen molar-refractivity contribution in [1.29, 1.82) is 0 Å². The molecule has 1 aliphatic heterocycles. The van der Waals surface area contributed by atoms with Crippen molar-refractivity contribution < 1.29 is 6.89 Å². The van der Waals surface area contributed by atoms with Gasteiger partial charge in [0.25, 0.3) is 0 Å². The zero-order chi connectivity index (χ0) is 10.3. The van der Waals surface area contributed by atoms with Gasteiger partial charge in [0.05, 0.1) is 0 Å². The Bertz CT molecular complexity index is 247. The summed E-state index contributed by atoms with van der Waals surface area (Å²) in [6, 6.07) is 0. The summed E-state index contributed by atoms with van der Waals surface area (Å²) in [5.74, 6) is -0.691. The molecule has 0 amide bonds. The van der Waals surface area contributed by atoms with Crippen molar-refractivity contribution in [3.8, 4) is 0 Å². The van der Waals surface area contributed by atoms with Gasteiger partial charge in [0, 0.05) is 12.0 Å². The Morgan fingerprint density at radius 2 is 3.00 bits per heavy atom. The van der Waals surface area contributed by atoms with Gasteiger partial charge in [-0.15, -0.1) is 6.58 Å². The number of hydrogen-bond acceptors (Lipinski definition) is 1. The molecule has 0 bridgehead atoms. The quantitative estimate of drug-likeness (QED) is 0.507. The fourth-order valence-electron chi connectivity index (χ4n) is 0.470. The maximum atomic E-state index is 7.52. The summed E-state index contributed by atoms with van der Waals surface area (Å²) >= 11 is 0. The summed E-state index contributed by atoms with van der Waals surface area (Å²) < 4.78 is 37.0. The van der Waals surface area contributed by atoms with Crippen LogP contribution in [0.15, 0.2) is 24.9 Å². The molecule has 0 aromatic rings. The lowest BCUT2D eigenvalue weighted by Gasteiger charge is -2.11. The summed E-state index contributed by atoms with van der Waals surface area (Å²) in [5, 5.41) is 0.493. The highest BCUT2D eigenvalue weighted by atomic mass is 14.8. The molecule has 1 unspecified atom stereocenters. The van der Waals surface area contributed by atoms with Gasteiger partial charge in [-0.25, -0.2) is 0 Å². The van der Waals surface area contributed by atoms with E-state index < -0.39 is 18.8 Å². The standard InChI is InChI=1S/C7H11N/c1-2-7-3-5-8-6-4-7/h2-3,5,7-8H,1,4,6H2/i4D2,6D2/hD. The van der Waals surface area contributed by atoms with Crippen molar-refractivity contribution in [2.75, 3.05) is 6.50 Å². The lowest BCUT2D eigenvalue weighted by Crippen LogP contribution is -2.15. The molecule has 1 nitrogen and oxygen atoms in total. The fourth-order valence-corrected chi connectivity index (χ4v) is 0.470. The van der Waals surface area contributed by atoms with Gasteiger partial charge in [-0.1, -0.05) is 12.2 Å². The van der Waals surface area contributed by atoms with Gasteiger partial charge in [0.1, 0.15) is 0 Å². The predicted molar refractivity (Wildman–Crippen MR) is 35.4 cm³/mol. The van der Waals surface area contributed by atoms with Crippen LogP contribution in [0.5, 0.6) is 0 Å². The van der Waals surface area contributed by atoms with Crippen molar-refractivity contribution >= 4 is 0 Å². The smallest absolute Gasteiger partial charge is 0.159 e. The van der Waals surface area contributed by atoms with Gasteiger partial charge in [0.15, 0.2) is 1.41 Å². The molecule has 1 N–H and O–H groups in total. The number of hydrogen-bond donors (Lipinski definition) is 1. The molecule has 0 aromatic carbocycles. The van der Waals surface area contributed by atoms with Crippen LogP contribution in [0.4, 0.5) is 0 Å². The fraction of sp³-hybridized carbons (Fsp3) is 0.429. The van der Waals surface area contributed by atoms with Crippen LogP contribution in [0.1, 0.15) is 11.9 Å². The van der Waals surface area contributed by atoms with Crippen LogP contribution in [0, 0.1) is 5.92 Å². The van der Waals surface area contributed by atoms with Gasteiger partial charge in [-0.2, -0.15) is 0 Å². The molecule has 0 saturated carbocycles. The minimum absolute atomic E-state index is 0.493. The van der Waals surface area contributed by atoms with E-state index in [1.807, 2.05) is 0 Å². The lowest BCUT2D eigenvalue weighted by molar-refractivity contribution is 0.636. The largest absolute Gasteiger partial charge is 0.391 e. The molecule has 1 heterocycles. The van der Waals surface area contributed by atoms with Gasteiger partial charge in [-0.05, 0) is 18.5 Å². The van der Waals surface area contributed by atoms with Crippen LogP contribution in [0.2, 0.25) is 1.41 Å². The van der Waals surface area contributed by atoms with Crippen LogP contribution in [0.3, 0.4) is 0 Å². The van der Waals surface area contributed by atoms with E-state index in [0.717, 1.165) is 0 Å². The minimum Gasteiger partial charge on any atom is -0.391 e. The molecule has 1 heteroatoms. The number of rotatable bonds is 1. The number of allylic oxidation sites excluding steroid dienone is 2. The normalized spacial score (nSPS) is 49.8. The molecule has 0 fully saturated rings. The van der Waals surface area contributed by atoms with Crippen molar-refractivity contribution in [2.24, 2.45) is 5.92 Å². The molecule has 0 aliphatic carbocycles. The molecule has 0 aromatic heterocycles. The SMILES string of the molecule is [2H]N1C=CC(C=C)C([2H])([2H])C1([2H])[2H]. The molecule has 8 heavy (non-hydrogen) atoms. The Morgan fingerprint density at radius 3 is 3.75 bits per heavy atom. The summed E-state index contributed by atoms with van der Waals surface area (Å²) in [6.45, 7) is 1.11. The summed E-state index contributed by atoms with van der Waals surface area (Å²) in [6.07, 6.45) is 1.88. The predicted octanol–water partition coefficient (Wildman–Crippen LogP) is 1.30. The third kappa shape index (κ3) is 1.12. The maximum Gasteiger partial charge on any atom is 0.159 e. The van der Waals surface area contributed by atoms with Crippen LogP contribution < -0.4 is 5.31 Å². The average Bonchev–Trinajstić information content (AvgIpc) is 2.02. The highest BCUT2D eigenvalue weighted by Gasteiger charge is 2.00.